The van der Waals surface area contributed by atoms with Gasteiger partial charge in [-0.2, -0.15) is 0 Å². The summed E-state index contributed by atoms with van der Waals surface area (Å²) in [5, 5.41) is 4.08. The maximum absolute atomic E-state index is 13.5. The molecule has 0 radical (unpaired) electrons. The van der Waals surface area contributed by atoms with Crippen LogP contribution in [0.5, 0.6) is 0 Å². The summed E-state index contributed by atoms with van der Waals surface area (Å²) < 4.78 is 0. The summed E-state index contributed by atoms with van der Waals surface area (Å²) >= 11 is 6.38. The van der Waals surface area contributed by atoms with E-state index < -0.39 is 7.26 Å². The van der Waals surface area contributed by atoms with Gasteiger partial charge in [0.15, 0.2) is 0 Å². The van der Waals surface area contributed by atoms with Crippen LogP contribution in [0.4, 0.5) is 0 Å². The Bertz CT molecular complexity index is 1000. The summed E-state index contributed by atoms with van der Waals surface area (Å²) in [5.41, 5.74) is 0.585. The molecule has 0 amide bonds. The van der Waals surface area contributed by atoms with Crippen molar-refractivity contribution in [1.29, 1.82) is 0 Å². The number of carbonyl (C=O) groups excluding carboxylic acids is 1. The molecule has 4 heteroatoms. The summed E-state index contributed by atoms with van der Waals surface area (Å²) in [6, 6.07) is 38.6. The van der Waals surface area contributed by atoms with Crippen LogP contribution in [0.25, 0.3) is 0 Å². The fourth-order valence-corrected chi connectivity index (χ4v) is 8.08. The van der Waals surface area contributed by atoms with E-state index >= 15 is 0 Å². The predicted molar refractivity (Wildman–Crippen MR) is 126 cm³/mol. The largest absolute Gasteiger partial charge is 1.00 e. The molecule has 0 aromatic heterocycles. The average Bonchev–Trinajstić information content (AvgIpc) is 2.79. The van der Waals surface area contributed by atoms with Crippen LogP contribution in [0.1, 0.15) is 10.4 Å². The number of Topliss-reactive ketones (excluding diaryl/α,β-unsaturated/α-hetero) is 1. The second kappa shape index (κ2) is 10.2. The fraction of sp³-hybridized carbons (Fsp3) is 0.0385. The molecule has 0 unspecified atom stereocenters. The first-order valence-corrected chi connectivity index (χ1v) is 11.9. The van der Waals surface area contributed by atoms with Crippen molar-refractivity contribution in [2.45, 2.75) is 0 Å². The van der Waals surface area contributed by atoms with Gasteiger partial charge in [-0.1, -0.05) is 78.3 Å². The smallest absolute Gasteiger partial charge is 0.202 e. The molecule has 0 bridgehead atoms. The van der Waals surface area contributed by atoms with Crippen molar-refractivity contribution in [2.24, 2.45) is 0 Å². The van der Waals surface area contributed by atoms with E-state index in [4.69, 9.17) is 11.6 Å². The molecule has 1 nitrogen and oxygen atoms in total. The van der Waals surface area contributed by atoms with Gasteiger partial charge in [0, 0.05) is 5.56 Å². The lowest BCUT2D eigenvalue weighted by atomic mass is 10.1. The Labute approximate surface area is 193 Å². The first kappa shape index (κ1) is 22.4. The zero-order chi connectivity index (χ0) is 20.1. The van der Waals surface area contributed by atoms with Gasteiger partial charge < -0.3 is 17.0 Å². The average molecular weight is 496 g/mol. The zero-order valence-corrected chi connectivity index (χ0v) is 19.5. The van der Waals surface area contributed by atoms with E-state index in [1.165, 1.54) is 15.9 Å². The molecule has 0 heterocycles. The summed E-state index contributed by atoms with van der Waals surface area (Å²) in [6.07, 6.45) is 0.398. The lowest BCUT2D eigenvalue weighted by Crippen LogP contribution is -3.00. The highest BCUT2D eigenvalue weighted by Crippen LogP contribution is 2.55. The van der Waals surface area contributed by atoms with E-state index in [1.54, 1.807) is 6.07 Å². The molecule has 0 fully saturated rings. The molecule has 0 saturated carbocycles. The SMILES string of the molecule is O=C(C[P+](c1ccccc1)(c1ccccc1)c1ccccc1)c1ccccc1Cl.[Br-]. The lowest BCUT2D eigenvalue weighted by molar-refractivity contribution is -0.0000133. The first-order valence-electron chi connectivity index (χ1n) is 9.54. The number of halogens is 2. The van der Waals surface area contributed by atoms with Gasteiger partial charge in [-0.25, -0.2) is 0 Å². The maximum atomic E-state index is 13.5. The van der Waals surface area contributed by atoms with Crippen LogP contribution in [0.3, 0.4) is 0 Å². The molecule has 0 atom stereocenters. The van der Waals surface area contributed by atoms with Crippen LogP contribution >= 0.6 is 18.9 Å². The molecule has 0 N–H and O–H groups in total. The van der Waals surface area contributed by atoms with Gasteiger partial charge in [0.1, 0.15) is 29.3 Å². The predicted octanol–water partition coefficient (Wildman–Crippen LogP) is 2.52. The third kappa shape index (κ3) is 4.42. The third-order valence-electron chi connectivity index (χ3n) is 5.15. The second-order valence-corrected chi connectivity index (χ2v) is 10.8. The minimum Gasteiger partial charge on any atom is -1.00 e. The van der Waals surface area contributed by atoms with Gasteiger partial charge in [-0.15, -0.1) is 0 Å². The number of benzene rings is 4. The van der Waals surface area contributed by atoms with Crippen LogP contribution < -0.4 is 32.9 Å². The Morgan fingerprint density at radius 1 is 0.600 bits per heavy atom. The number of carbonyl (C=O) groups is 1. The minimum absolute atomic E-state index is 0. The first-order chi connectivity index (χ1) is 14.2. The second-order valence-electron chi connectivity index (χ2n) is 6.88. The number of hydrogen-bond acceptors (Lipinski definition) is 1. The van der Waals surface area contributed by atoms with E-state index in [2.05, 4.69) is 72.8 Å². The van der Waals surface area contributed by atoms with Crippen molar-refractivity contribution in [2.75, 3.05) is 6.16 Å². The highest BCUT2D eigenvalue weighted by Gasteiger charge is 2.47. The van der Waals surface area contributed by atoms with E-state index in [0.29, 0.717) is 16.7 Å². The van der Waals surface area contributed by atoms with E-state index in [9.17, 15) is 4.79 Å². The van der Waals surface area contributed by atoms with Crippen molar-refractivity contribution in [3.05, 3.63) is 126 Å². The summed E-state index contributed by atoms with van der Waals surface area (Å²) in [7, 11) is -2.20. The monoisotopic (exact) mass is 494 g/mol. The van der Waals surface area contributed by atoms with E-state index in [1.807, 2.05) is 36.4 Å². The molecule has 0 aliphatic heterocycles. The number of ketones is 1. The summed E-state index contributed by atoms with van der Waals surface area (Å²) in [4.78, 5) is 13.5. The molecule has 150 valence electrons. The maximum Gasteiger partial charge on any atom is 0.202 e. The Morgan fingerprint density at radius 3 is 1.37 bits per heavy atom. The molecule has 4 aromatic carbocycles. The molecule has 0 aliphatic rings. The molecule has 0 saturated heterocycles. The molecule has 0 spiro atoms. The van der Waals surface area contributed by atoms with Crippen LogP contribution in [-0.2, 0) is 0 Å². The minimum atomic E-state index is -2.20. The Morgan fingerprint density at radius 2 is 0.967 bits per heavy atom. The molecule has 4 aromatic rings. The standard InChI is InChI=1S/C26H21ClOP.BrH/c27-25-19-11-10-18-24(25)26(28)20-29(21-12-4-1-5-13-21,22-14-6-2-7-15-22)23-16-8-3-9-17-23;/h1-19H,20H2;1H/q+1;/p-1. The Balaban J connectivity index is 0.00000256. The lowest BCUT2D eigenvalue weighted by Gasteiger charge is -2.27. The van der Waals surface area contributed by atoms with Crippen LogP contribution in [0.2, 0.25) is 5.02 Å². The normalized spacial score (nSPS) is 10.8. The molecule has 30 heavy (non-hydrogen) atoms. The van der Waals surface area contributed by atoms with Crippen molar-refractivity contribution in [1.82, 2.24) is 0 Å². The Kier molecular flexibility index (Phi) is 7.61. The van der Waals surface area contributed by atoms with Gasteiger partial charge in [-0.05, 0) is 48.5 Å². The fourth-order valence-electron chi connectivity index (χ4n) is 3.76. The topological polar surface area (TPSA) is 17.1 Å². The van der Waals surface area contributed by atoms with Gasteiger partial charge in [0.2, 0.25) is 5.78 Å². The van der Waals surface area contributed by atoms with Gasteiger partial charge in [0.25, 0.3) is 0 Å². The molecular weight excluding hydrogens is 475 g/mol. The number of rotatable bonds is 6. The zero-order valence-electron chi connectivity index (χ0n) is 16.3. The summed E-state index contributed by atoms with van der Waals surface area (Å²) in [5.74, 6) is 0.0699. The highest BCUT2D eigenvalue weighted by molar-refractivity contribution is 7.96. The molecular formula is C26H21BrClOP. The third-order valence-corrected chi connectivity index (χ3v) is 9.78. The van der Waals surface area contributed by atoms with Crippen molar-refractivity contribution >= 4 is 40.6 Å². The number of hydrogen-bond donors (Lipinski definition) is 0. The molecule has 0 aliphatic carbocycles. The van der Waals surface area contributed by atoms with E-state index in [-0.39, 0.29) is 22.8 Å². The van der Waals surface area contributed by atoms with Crippen molar-refractivity contribution in [3.63, 3.8) is 0 Å². The van der Waals surface area contributed by atoms with Crippen LogP contribution in [0, 0.1) is 0 Å². The van der Waals surface area contributed by atoms with Gasteiger partial charge in [0.05, 0.1) is 5.02 Å². The van der Waals surface area contributed by atoms with Gasteiger partial charge in [-0.3, -0.25) is 4.79 Å². The highest BCUT2D eigenvalue weighted by atomic mass is 79.9. The summed E-state index contributed by atoms with van der Waals surface area (Å²) in [6.45, 7) is 0. The van der Waals surface area contributed by atoms with E-state index in [0.717, 1.165) is 0 Å². The van der Waals surface area contributed by atoms with Gasteiger partial charge >= 0.3 is 0 Å². The Hall–Kier alpha value is -2.25. The quantitative estimate of drug-likeness (QED) is 0.297. The van der Waals surface area contributed by atoms with Crippen LogP contribution in [0.15, 0.2) is 115 Å². The van der Waals surface area contributed by atoms with Crippen molar-refractivity contribution in [3.8, 4) is 0 Å². The van der Waals surface area contributed by atoms with Crippen molar-refractivity contribution < 1.29 is 21.8 Å². The van der Waals surface area contributed by atoms with Crippen LogP contribution in [-0.4, -0.2) is 11.9 Å². The molecule has 4 rings (SSSR count).